The van der Waals surface area contributed by atoms with Gasteiger partial charge in [0.1, 0.15) is 0 Å². The molecule has 32 heavy (non-hydrogen) atoms. The Kier molecular flexibility index (Phi) is 7.46. The fraction of sp³-hybridized carbons (Fsp3) is 0.458. The lowest BCUT2D eigenvalue weighted by Gasteiger charge is -2.30. The predicted molar refractivity (Wildman–Crippen MR) is 124 cm³/mol. The zero-order chi connectivity index (χ0) is 23.5. The largest absolute Gasteiger partial charge is 0.490 e. The standard InChI is InChI=1S/C24H32N2O5S/c1-6-30-22-12-18-10-11-26(15-19(18)13-23(22)31-7-2)24(27)21-14-20(9-8-17(21)5)32(28,29)25-16(3)4/h8-9,12-14,16,25H,6-7,10-11,15H2,1-5H3. The minimum atomic E-state index is -3.69. The van der Waals surface area contributed by atoms with Gasteiger partial charge in [-0.2, -0.15) is 0 Å². The van der Waals surface area contributed by atoms with Gasteiger partial charge in [0.05, 0.1) is 18.1 Å². The molecule has 1 N–H and O–H groups in total. The molecule has 0 aliphatic carbocycles. The molecule has 0 atom stereocenters. The van der Waals surface area contributed by atoms with E-state index in [9.17, 15) is 13.2 Å². The molecular weight excluding hydrogens is 428 g/mol. The Morgan fingerprint density at radius 2 is 1.69 bits per heavy atom. The number of ether oxygens (including phenoxy) is 2. The van der Waals surface area contributed by atoms with Crippen molar-refractivity contribution in [3.63, 3.8) is 0 Å². The van der Waals surface area contributed by atoms with Gasteiger partial charge in [0, 0.05) is 24.7 Å². The Hall–Kier alpha value is -2.58. The number of hydrogen-bond donors (Lipinski definition) is 1. The summed E-state index contributed by atoms with van der Waals surface area (Å²) < 4.78 is 39.2. The van der Waals surface area contributed by atoms with Crippen LogP contribution in [0.5, 0.6) is 11.5 Å². The fourth-order valence-electron chi connectivity index (χ4n) is 3.82. The summed E-state index contributed by atoms with van der Waals surface area (Å²) in [5, 5.41) is 0. The highest BCUT2D eigenvalue weighted by Gasteiger charge is 2.26. The zero-order valence-electron chi connectivity index (χ0n) is 19.4. The lowest BCUT2D eigenvalue weighted by molar-refractivity contribution is 0.0733. The number of rotatable bonds is 8. The quantitative estimate of drug-likeness (QED) is 0.650. The van der Waals surface area contributed by atoms with Crippen LogP contribution >= 0.6 is 0 Å². The summed E-state index contributed by atoms with van der Waals surface area (Å²) in [4.78, 5) is 15.2. The highest BCUT2D eigenvalue weighted by atomic mass is 32.2. The number of fused-ring (bicyclic) bond motifs is 1. The molecule has 8 heteroatoms. The number of carbonyl (C=O) groups is 1. The smallest absolute Gasteiger partial charge is 0.254 e. The third-order valence-corrected chi connectivity index (χ3v) is 6.96. The van der Waals surface area contributed by atoms with Crippen molar-refractivity contribution in [3.8, 4) is 11.5 Å². The predicted octanol–water partition coefficient (Wildman–Crippen LogP) is 3.68. The van der Waals surface area contributed by atoms with Gasteiger partial charge < -0.3 is 14.4 Å². The zero-order valence-corrected chi connectivity index (χ0v) is 20.2. The molecule has 174 valence electrons. The number of benzene rings is 2. The van der Waals surface area contributed by atoms with Crippen LogP contribution in [0, 0.1) is 6.92 Å². The molecule has 0 saturated carbocycles. The van der Waals surface area contributed by atoms with Crippen LogP contribution in [0.4, 0.5) is 0 Å². The first kappa shape index (κ1) is 24.1. The van der Waals surface area contributed by atoms with Crippen LogP contribution in [0.25, 0.3) is 0 Å². The normalized spacial score (nSPS) is 13.8. The van der Waals surface area contributed by atoms with Crippen molar-refractivity contribution in [2.75, 3.05) is 19.8 Å². The molecular formula is C24H32N2O5S. The summed E-state index contributed by atoms with van der Waals surface area (Å²) in [7, 11) is -3.69. The van der Waals surface area contributed by atoms with Crippen molar-refractivity contribution in [2.45, 2.75) is 58.5 Å². The second-order valence-corrected chi connectivity index (χ2v) is 9.88. The van der Waals surface area contributed by atoms with Crippen molar-refractivity contribution in [3.05, 3.63) is 52.6 Å². The Morgan fingerprint density at radius 1 is 1.06 bits per heavy atom. The molecule has 0 radical (unpaired) electrons. The van der Waals surface area contributed by atoms with Crippen molar-refractivity contribution in [1.29, 1.82) is 0 Å². The SMILES string of the molecule is CCOc1cc2c(cc1OCC)CN(C(=O)c1cc(S(=O)(=O)NC(C)C)ccc1C)CC2. The molecule has 2 aromatic rings. The average Bonchev–Trinajstić information content (AvgIpc) is 2.73. The summed E-state index contributed by atoms with van der Waals surface area (Å²) >= 11 is 0. The van der Waals surface area contributed by atoms with Gasteiger partial charge in [-0.1, -0.05) is 6.07 Å². The molecule has 3 rings (SSSR count). The van der Waals surface area contributed by atoms with Crippen LogP contribution in [-0.2, 0) is 23.0 Å². The number of sulfonamides is 1. The Morgan fingerprint density at radius 3 is 2.28 bits per heavy atom. The van der Waals surface area contributed by atoms with E-state index in [0.717, 1.165) is 22.4 Å². The first-order valence-electron chi connectivity index (χ1n) is 11.0. The highest BCUT2D eigenvalue weighted by Crippen LogP contribution is 2.34. The van der Waals surface area contributed by atoms with Gasteiger partial charge in [-0.3, -0.25) is 4.79 Å². The van der Waals surface area contributed by atoms with E-state index in [2.05, 4.69) is 4.72 Å². The number of aryl methyl sites for hydroxylation is 1. The minimum Gasteiger partial charge on any atom is -0.490 e. The maximum atomic E-state index is 13.4. The van der Waals surface area contributed by atoms with E-state index in [4.69, 9.17) is 9.47 Å². The van der Waals surface area contributed by atoms with Crippen LogP contribution < -0.4 is 14.2 Å². The topological polar surface area (TPSA) is 84.9 Å². The van der Waals surface area contributed by atoms with E-state index in [1.54, 1.807) is 24.8 Å². The van der Waals surface area contributed by atoms with Gasteiger partial charge in [0.15, 0.2) is 11.5 Å². The fourth-order valence-corrected chi connectivity index (χ4v) is 5.10. The number of nitrogens with zero attached hydrogens (tertiary/aromatic N) is 1. The summed E-state index contributed by atoms with van der Waals surface area (Å²) in [6, 6.07) is 8.40. The van der Waals surface area contributed by atoms with Gasteiger partial charge in [-0.05, 0) is 82.0 Å². The summed E-state index contributed by atoms with van der Waals surface area (Å²) in [5.74, 6) is 1.22. The molecule has 0 aromatic heterocycles. The van der Waals surface area contributed by atoms with Crippen molar-refractivity contribution in [1.82, 2.24) is 9.62 Å². The summed E-state index contributed by atoms with van der Waals surface area (Å²) in [6.45, 7) is 11.2. The molecule has 2 aromatic carbocycles. The third kappa shape index (κ3) is 5.24. The van der Waals surface area contributed by atoms with Crippen LogP contribution in [0.3, 0.4) is 0 Å². The van der Waals surface area contributed by atoms with Crippen LogP contribution in [-0.4, -0.2) is 45.0 Å². The first-order valence-corrected chi connectivity index (χ1v) is 12.5. The van der Waals surface area contributed by atoms with Crippen LogP contribution in [0.15, 0.2) is 35.2 Å². The molecule has 1 aliphatic rings. The van der Waals surface area contributed by atoms with Crippen molar-refractivity contribution < 1.29 is 22.7 Å². The first-order chi connectivity index (χ1) is 15.2. The molecule has 0 unspecified atom stereocenters. The van der Waals surface area contributed by atoms with Gasteiger partial charge in [-0.25, -0.2) is 13.1 Å². The van der Waals surface area contributed by atoms with Crippen LogP contribution in [0.2, 0.25) is 0 Å². The molecule has 0 saturated heterocycles. The lowest BCUT2D eigenvalue weighted by Crippen LogP contribution is -2.36. The van der Waals surface area contributed by atoms with Gasteiger partial charge >= 0.3 is 0 Å². The number of hydrogen-bond acceptors (Lipinski definition) is 5. The number of nitrogens with one attached hydrogen (secondary N) is 1. The molecule has 0 spiro atoms. The molecule has 0 bridgehead atoms. The molecule has 1 aliphatic heterocycles. The second-order valence-electron chi connectivity index (χ2n) is 8.16. The van der Waals surface area contributed by atoms with E-state index >= 15 is 0 Å². The maximum absolute atomic E-state index is 13.4. The Labute approximate surface area is 190 Å². The van der Waals surface area contributed by atoms with E-state index in [1.807, 2.05) is 32.9 Å². The van der Waals surface area contributed by atoms with Gasteiger partial charge in [0.25, 0.3) is 5.91 Å². The Balaban J connectivity index is 1.89. The molecule has 1 heterocycles. The van der Waals surface area contributed by atoms with Crippen LogP contribution in [0.1, 0.15) is 54.7 Å². The lowest BCUT2D eigenvalue weighted by atomic mass is 9.97. The average molecular weight is 461 g/mol. The third-order valence-electron chi connectivity index (χ3n) is 5.31. The number of carbonyl (C=O) groups excluding carboxylic acids is 1. The molecule has 0 fully saturated rings. The minimum absolute atomic E-state index is 0.0950. The van der Waals surface area contributed by atoms with E-state index in [1.165, 1.54) is 12.1 Å². The number of amides is 1. The van der Waals surface area contributed by atoms with E-state index in [-0.39, 0.29) is 16.8 Å². The van der Waals surface area contributed by atoms with Gasteiger partial charge in [-0.15, -0.1) is 0 Å². The molecule has 7 nitrogen and oxygen atoms in total. The monoisotopic (exact) mass is 460 g/mol. The maximum Gasteiger partial charge on any atom is 0.254 e. The molecule has 1 amide bonds. The Bertz CT molecular complexity index is 1100. The van der Waals surface area contributed by atoms with Crippen molar-refractivity contribution >= 4 is 15.9 Å². The van der Waals surface area contributed by atoms with E-state index in [0.29, 0.717) is 44.0 Å². The summed E-state index contributed by atoms with van der Waals surface area (Å²) in [5.41, 5.74) is 3.29. The summed E-state index contributed by atoms with van der Waals surface area (Å²) in [6.07, 6.45) is 0.694. The van der Waals surface area contributed by atoms with Crippen molar-refractivity contribution in [2.24, 2.45) is 0 Å². The highest BCUT2D eigenvalue weighted by molar-refractivity contribution is 7.89. The van der Waals surface area contributed by atoms with E-state index < -0.39 is 10.0 Å². The van der Waals surface area contributed by atoms with Gasteiger partial charge in [0.2, 0.25) is 10.0 Å². The second kappa shape index (κ2) is 9.92.